The first-order chi connectivity index (χ1) is 9.65. The van der Waals surface area contributed by atoms with Crippen LogP contribution in [-0.4, -0.2) is 31.1 Å². The van der Waals surface area contributed by atoms with Gasteiger partial charge in [0.1, 0.15) is 5.75 Å². The van der Waals surface area contributed by atoms with Gasteiger partial charge in [-0.05, 0) is 38.3 Å². The van der Waals surface area contributed by atoms with E-state index in [2.05, 4.69) is 31.0 Å². The van der Waals surface area contributed by atoms with Crippen molar-refractivity contribution >= 4 is 0 Å². The molecule has 3 heteroatoms. The van der Waals surface area contributed by atoms with Crippen molar-refractivity contribution < 1.29 is 4.74 Å². The summed E-state index contributed by atoms with van der Waals surface area (Å²) in [5.41, 5.74) is 7.59. The van der Waals surface area contributed by atoms with E-state index in [0.29, 0.717) is 12.1 Å². The molecule has 3 nitrogen and oxygen atoms in total. The Kier molecular flexibility index (Phi) is 5.44. The lowest BCUT2D eigenvalue weighted by Crippen LogP contribution is -2.49. The monoisotopic (exact) mass is 276 g/mol. The van der Waals surface area contributed by atoms with Gasteiger partial charge >= 0.3 is 0 Å². The van der Waals surface area contributed by atoms with E-state index in [1.54, 1.807) is 7.11 Å². The number of rotatable bonds is 5. The molecule has 112 valence electrons. The second-order valence-electron chi connectivity index (χ2n) is 6.05. The second kappa shape index (κ2) is 7.09. The smallest absolute Gasteiger partial charge is 0.123 e. The molecule has 0 aromatic heterocycles. The number of ether oxygens (including phenoxy) is 1. The highest BCUT2D eigenvalue weighted by atomic mass is 16.5. The maximum Gasteiger partial charge on any atom is 0.123 e. The van der Waals surface area contributed by atoms with Gasteiger partial charge in [-0.25, -0.2) is 0 Å². The van der Waals surface area contributed by atoms with E-state index in [1.807, 2.05) is 12.1 Å². The fourth-order valence-corrected chi connectivity index (χ4v) is 3.35. The Bertz CT molecular complexity index is 421. The van der Waals surface area contributed by atoms with E-state index >= 15 is 0 Å². The lowest BCUT2D eigenvalue weighted by Gasteiger charge is -2.39. The molecule has 1 fully saturated rings. The molecular formula is C17H28N2O. The highest BCUT2D eigenvalue weighted by Gasteiger charge is 2.30. The fourth-order valence-electron chi connectivity index (χ4n) is 3.35. The Balaban J connectivity index is 2.04. The third-order valence-electron chi connectivity index (χ3n) is 4.73. The standard InChI is InChI=1S/C17H28N2O/c1-4-13-9-10-15(18)16(11-13)19(2)12-14-7-5-6-8-17(14)20-3/h5-8,13,15-16H,4,9-12,18H2,1-3H3. The molecule has 0 aliphatic heterocycles. The molecule has 0 saturated heterocycles. The molecule has 3 unspecified atom stereocenters. The van der Waals surface area contributed by atoms with Crippen LogP contribution in [0, 0.1) is 5.92 Å². The Morgan fingerprint density at radius 2 is 2.05 bits per heavy atom. The van der Waals surface area contributed by atoms with E-state index < -0.39 is 0 Å². The number of hydrogen-bond acceptors (Lipinski definition) is 3. The van der Waals surface area contributed by atoms with Crippen LogP contribution >= 0.6 is 0 Å². The largest absolute Gasteiger partial charge is 0.496 e. The highest BCUT2D eigenvalue weighted by molar-refractivity contribution is 5.33. The zero-order valence-corrected chi connectivity index (χ0v) is 13.0. The normalized spacial score (nSPS) is 26.8. The summed E-state index contributed by atoms with van der Waals surface area (Å²) in [4.78, 5) is 2.41. The van der Waals surface area contributed by atoms with Gasteiger partial charge in [0.25, 0.3) is 0 Å². The van der Waals surface area contributed by atoms with Crippen LogP contribution < -0.4 is 10.5 Å². The minimum atomic E-state index is 0.303. The number of benzene rings is 1. The summed E-state index contributed by atoms with van der Waals surface area (Å²) in [6, 6.07) is 9.04. The summed E-state index contributed by atoms with van der Waals surface area (Å²) < 4.78 is 5.44. The Labute approximate surface area is 123 Å². The van der Waals surface area contributed by atoms with Crippen molar-refractivity contribution in [2.24, 2.45) is 11.7 Å². The lowest BCUT2D eigenvalue weighted by molar-refractivity contribution is 0.128. The van der Waals surface area contributed by atoms with Crippen LogP contribution in [0.4, 0.5) is 0 Å². The minimum Gasteiger partial charge on any atom is -0.496 e. The highest BCUT2D eigenvalue weighted by Crippen LogP contribution is 2.30. The van der Waals surface area contributed by atoms with E-state index in [-0.39, 0.29) is 0 Å². The first-order valence-electron chi connectivity index (χ1n) is 7.73. The predicted molar refractivity (Wildman–Crippen MR) is 83.9 cm³/mol. The number of likely N-dealkylation sites (N-methyl/N-ethyl adjacent to an activating group) is 1. The van der Waals surface area contributed by atoms with E-state index in [4.69, 9.17) is 10.5 Å². The topological polar surface area (TPSA) is 38.5 Å². The fraction of sp³-hybridized carbons (Fsp3) is 0.647. The molecule has 1 aromatic carbocycles. The molecule has 1 saturated carbocycles. The van der Waals surface area contributed by atoms with Crippen molar-refractivity contribution in [3.05, 3.63) is 29.8 Å². The van der Waals surface area contributed by atoms with E-state index in [9.17, 15) is 0 Å². The van der Waals surface area contributed by atoms with Crippen molar-refractivity contribution in [1.29, 1.82) is 0 Å². The summed E-state index contributed by atoms with van der Waals surface area (Å²) in [6.45, 7) is 3.19. The average Bonchev–Trinajstić information content (AvgIpc) is 2.48. The summed E-state index contributed by atoms with van der Waals surface area (Å²) in [5, 5.41) is 0. The van der Waals surface area contributed by atoms with Gasteiger partial charge in [-0.15, -0.1) is 0 Å². The Morgan fingerprint density at radius 1 is 1.30 bits per heavy atom. The number of hydrogen-bond donors (Lipinski definition) is 1. The van der Waals surface area contributed by atoms with Crippen molar-refractivity contribution in [2.45, 2.75) is 51.2 Å². The van der Waals surface area contributed by atoms with Gasteiger partial charge in [0.05, 0.1) is 7.11 Å². The third kappa shape index (κ3) is 3.53. The van der Waals surface area contributed by atoms with Gasteiger partial charge in [0, 0.05) is 24.2 Å². The van der Waals surface area contributed by atoms with E-state index in [0.717, 1.165) is 24.6 Å². The van der Waals surface area contributed by atoms with Crippen LogP contribution in [0.1, 0.15) is 38.2 Å². The van der Waals surface area contributed by atoms with Gasteiger partial charge in [0.15, 0.2) is 0 Å². The lowest BCUT2D eigenvalue weighted by atomic mass is 9.80. The van der Waals surface area contributed by atoms with Gasteiger partial charge in [-0.3, -0.25) is 4.90 Å². The number of nitrogens with zero attached hydrogens (tertiary/aromatic N) is 1. The number of para-hydroxylation sites is 1. The van der Waals surface area contributed by atoms with Gasteiger partial charge in [-0.2, -0.15) is 0 Å². The summed E-state index contributed by atoms with van der Waals surface area (Å²) in [7, 11) is 3.92. The molecule has 0 spiro atoms. The average molecular weight is 276 g/mol. The summed E-state index contributed by atoms with van der Waals surface area (Å²) in [5.74, 6) is 1.80. The Hall–Kier alpha value is -1.06. The molecule has 0 heterocycles. The molecule has 1 aliphatic rings. The molecule has 2 rings (SSSR count). The van der Waals surface area contributed by atoms with Crippen molar-refractivity contribution in [3.8, 4) is 5.75 Å². The van der Waals surface area contributed by atoms with Crippen molar-refractivity contribution in [2.75, 3.05) is 14.2 Å². The molecule has 20 heavy (non-hydrogen) atoms. The number of nitrogens with two attached hydrogens (primary N) is 1. The van der Waals surface area contributed by atoms with Crippen molar-refractivity contribution in [1.82, 2.24) is 4.90 Å². The van der Waals surface area contributed by atoms with E-state index in [1.165, 1.54) is 24.8 Å². The molecule has 2 N–H and O–H groups in total. The molecule has 0 amide bonds. The van der Waals surface area contributed by atoms with Crippen LogP contribution in [0.5, 0.6) is 5.75 Å². The molecule has 1 aliphatic carbocycles. The van der Waals surface area contributed by atoms with Gasteiger partial charge in [0.2, 0.25) is 0 Å². The Morgan fingerprint density at radius 3 is 2.75 bits per heavy atom. The molecular weight excluding hydrogens is 248 g/mol. The van der Waals surface area contributed by atoms with Crippen molar-refractivity contribution in [3.63, 3.8) is 0 Å². The summed E-state index contributed by atoms with van der Waals surface area (Å²) >= 11 is 0. The zero-order valence-electron chi connectivity index (χ0n) is 13.0. The minimum absolute atomic E-state index is 0.303. The molecule has 0 radical (unpaired) electrons. The van der Waals surface area contributed by atoms with Crippen LogP contribution in [0.3, 0.4) is 0 Å². The first-order valence-corrected chi connectivity index (χ1v) is 7.73. The van der Waals surface area contributed by atoms with Crippen LogP contribution in [0.2, 0.25) is 0 Å². The van der Waals surface area contributed by atoms with Crippen LogP contribution in [0.25, 0.3) is 0 Å². The maximum atomic E-state index is 6.35. The quantitative estimate of drug-likeness (QED) is 0.898. The van der Waals surface area contributed by atoms with Gasteiger partial charge < -0.3 is 10.5 Å². The SMILES string of the molecule is CCC1CCC(N)C(N(C)Cc2ccccc2OC)C1. The maximum absolute atomic E-state index is 6.35. The second-order valence-corrected chi connectivity index (χ2v) is 6.05. The first kappa shape index (κ1) is 15.3. The molecule has 1 aromatic rings. The van der Waals surface area contributed by atoms with Crippen LogP contribution in [0.15, 0.2) is 24.3 Å². The number of methoxy groups -OCH3 is 1. The van der Waals surface area contributed by atoms with Gasteiger partial charge in [-0.1, -0.05) is 31.5 Å². The predicted octanol–water partition coefficient (Wildman–Crippen LogP) is 3.03. The van der Waals surface area contributed by atoms with Crippen LogP contribution in [-0.2, 0) is 6.54 Å². The zero-order chi connectivity index (χ0) is 14.5. The summed E-state index contributed by atoms with van der Waals surface area (Å²) in [6.07, 6.45) is 4.94. The molecule has 0 bridgehead atoms. The molecule has 3 atom stereocenters. The third-order valence-corrected chi connectivity index (χ3v) is 4.73.